The van der Waals surface area contributed by atoms with E-state index in [0.717, 1.165) is 0 Å². The zero-order chi connectivity index (χ0) is 11.8. The summed E-state index contributed by atoms with van der Waals surface area (Å²) in [6.07, 6.45) is 0.182. The van der Waals surface area contributed by atoms with Gasteiger partial charge in [-0.05, 0) is 23.6 Å². The van der Waals surface area contributed by atoms with E-state index in [4.69, 9.17) is 5.11 Å². The Labute approximate surface area is 93.1 Å². The fraction of sp³-hybridized carbons (Fsp3) is 0.182. The lowest BCUT2D eigenvalue weighted by molar-refractivity contribution is -0.136. The average Bonchev–Trinajstić information content (AvgIpc) is 2.49. The maximum atomic E-state index is 11.7. The number of carbonyl (C=O) groups is 1. The predicted molar refractivity (Wildman–Crippen MR) is 58.5 cm³/mol. The molecule has 1 aromatic carbocycles. The van der Waals surface area contributed by atoms with Crippen LogP contribution in [0.5, 0.6) is 0 Å². The lowest BCUT2D eigenvalue weighted by atomic mass is 10.0. The molecule has 0 aromatic heterocycles. The second-order valence-corrected chi connectivity index (χ2v) is 5.34. The third-order valence-electron chi connectivity index (χ3n) is 2.45. The van der Waals surface area contributed by atoms with Gasteiger partial charge in [-0.2, -0.15) is 0 Å². The van der Waals surface area contributed by atoms with Gasteiger partial charge < -0.3 is 5.11 Å². The minimum atomic E-state index is -3.36. The average molecular weight is 238 g/mol. The summed E-state index contributed by atoms with van der Waals surface area (Å²) in [6.45, 7) is 0. The normalized spacial score (nSPS) is 16.6. The number of benzene rings is 1. The molecular formula is C11H10O4S. The fourth-order valence-corrected chi connectivity index (χ4v) is 3.25. The number of aliphatic carboxylic acids is 1. The quantitative estimate of drug-likeness (QED) is 0.869. The van der Waals surface area contributed by atoms with Crippen LogP contribution >= 0.6 is 0 Å². The van der Waals surface area contributed by atoms with E-state index in [-0.39, 0.29) is 17.7 Å². The summed E-state index contributed by atoms with van der Waals surface area (Å²) < 4.78 is 23.4. The topological polar surface area (TPSA) is 71.4 Å². The number of hydrogen-bond acceptors (Lipinski definition) is 3. The Balaban J connectivity index is 2.39. The Morgan fingerprint density at radius 1 is 1.25 bits per heavy atom. The molecule has 0 unspecified atom stereocenters. The van der Waals surface area contributed by atoms with Crippen LogP contribution in [0.2, 0.25) is 0 Å². The Morgan fingerprint density at radius 3 is 2.62 bits per heavy atom. The van der Waals surface area contributed by atoms with Crippen LogP contribution in [0.3, 0.4) is 0 Å². The number of allylic oxidation sites excluding steroid dienone is 1. The molecule has 0 atom stereocenters. The van der Waals surface area contributed by atoms with Gasteiger partial charge in [-0.3, -0.25) is 4.79 Å². The number of carboxylic acid groups (broad SMARTS) is 1. The third kappa shape index (κ3) is 1.86. The van der Waals surface area contributed by atoms with Crippen molar-refractivity contribution < 1.29 is 18.3 Å². The standard InChI is InChI=1S/C11H10O4S/c12-11(13)6-5-8-7-16(14,15)10-4-2-1-3-9(8)10/h1-4,7H,5-6H2,(H,12,13). The molecule has 4 nitrogen and oxygen atoms in total. The summed E-state index contributed by atoms with van der Waals surface area (Å²) in [5.41, 5.74) is 1.21. The molecule has 0 radical (unpaired) electrons. The van der Waals surface area contributed by atoms with Crippen LogP contribution in [0, 0.1) is 0 Å². The van der Waals surface area contributed by atoms with Gasteiger partial charge in [0.2, 0.25) is 9.84 Å². The molecule has 84 valence electrons. The molecule has 0 bridgehead atoms. The van der Waals surface area contributed by atoms with Crippen LogP contribution < -0.4 is 0 Å². The van der Waals surface area contributed by atoms with Crippen molar-refractivity contribution in [3.8, 4) is 0 Å². The van der Waals surface area contributed by atoms with E-state index in [2.05, 4.69) is 0 Å². The number of carboxylic acids is 1. The molecule has 0 spiro atoms. The monoisotopic (exact) mass is 238 g/mol. The molecule has 2 rings (SSSR count). The molecule has 0 fully saturated rings. The SMILES string of the molecule is O=C(O)CCC1=CS(=O)(=O)c2ccccc21. The molecular weight excluding hydrogens is 228 g/mol. The second kappa shape index (κ2) is 3.75. The van der Waals surface area contributed by atoms with Crippen molar-refractivity contribution in [2.75, 3.05) is 0 Å². The Morgan fingerprint density at radius 2 is 1.94 bits per heavy atom. The van der Waals surface area contributed by atoms with Gasteiger partial charge in [0.25, 0.3) is 0 Å². The van der Waals surface area contributed by atoms with Crippen LogP contribution in [0.25, 0.3) is 5.57 Å². The van der Waals surface area contributed by atoms with Gasteiger partial charge in [0, 0.05) is 11.8 Å². The number of fused-ring (bicyclic) bond motifs is 1. The minimum Gasteiger partial charge on any atom is -0.481 e. The Kier molecular flexibility index (Phi) is 2.55. The largest absolute Gasteiger partial charge is 0.481 e. The van der Waals surface area contributed by atoms with Crippen molar-refractivity contribution in [2.45, 2.75) is 17.7 Å². The highest BCUT2D eigenvalue weighted by molar-refractivity contribution is 7.95. The van der Waals surface area contributed by atoms with Gasteiger partial charge in [-0.1, -0.05) is 18.2 Å². The van der Waals surface area contributed by atoms with Gasteiger partial charge in [0.15, 0.2) is 0 Å². The Hall–Kier alpha value is -1.62. The number of rotatable bonds is 3. The van der Waals surface area contributed by atoms with Crippen LogP contribution in [0.1, 0.15) is 18.4 Å². The number of sulfone groups is 1. The first-order valence-corrected chi connectivity index (χ1v) is 6.32. The lowest BCUT2D eigenvalue weighted by Crippen LogP contribution is -1.94. The maximum Gasteiger partial charge on any atom is 0.303 e. The van der Waals surface area contributed by atoms with Gasteiger partial charge in [0.1, 0.15) is 0 Å². The molecule has 0 amide bonds. The van der Waals surface area contributed by atoms with E-state index in [1.165, 1.54) is 11.5 Å². The summed E-state index contributed by atoms with van der Waals surface area (Å²) in [5, 5.41) is 9.74. The Bertz CT molecular complexity index is 569. The van der Waals surface area contributed by atoms with E-state index < -0.39 is 15.8 Å². The highest BCUT2D eigenvalue weighted by atomic mass is 32.2. The molecule has 1 aliphatic rings. The van der Waals surface area contributed by atoms with Crippen LogP contribution in [-0.4, -0.2) is 19.5 Å². The zero-order valence-corrected chi connectivity index (χ0v) is 9.20. The van der Waals surface area contributed by atoms with E-state index >= 15 is 0 Å². The smallest absolute Gasteiger partial charge is 0.303 e. The van der Waals surface area contributed by atoms with E-state index in [1.807, 2.05) is 0 Å². The molecule has 0 saturated heterocycles. The van der Waals surface area contributed by atoms with Gasteiger partial charge in [-0.25, -0.2) is 8.42 Å². The van der Waals surface area contributed by atoms with Gasteiger partial charge in [-0.15, -0.1) is 0 Å². The summed E-state index contributed by atoms with van der Waals surface area (Å²) >= 11 is 0. The molecule has 1 heterocycles. The molecule has 1 aliphatic heterocycles. The molecule has 0 aliphatic carbocycles. The van der Waals surface area contributed by atoms with Crippen molar-refractivity contribution in [1.82, 2.24) is 0 Å². The molecule has 5 heteroatoms. The molecule has 0 saturated carbocycles. The van der Waals surface area contributed by atoms with Gasteiger partial charge in [0.05, 0.1) is 4.90 Å². The summed E-state index contributed by atoms with van der Waals surface area (Å²) in [6, 6.07) is 6.64. The van der Waals surface area contributed by atoms with E-state index in [9.17, 15) is 13.2 Å². The first kappa shape index (κ1) is 10.9. The molecule has 1 aromatic rings. The van der Waals surface area contributed by atoms with Crippen LogP contribution in [0.4, 0.5) is 0 Å². The number of hydrogen-bond donors (Lipinski definition) is 1. The van der Waals surface area contributed by atoms with Crippen molar-refractivity contribution in [1.29, 1.82) is 0 Å². The van der Waals surface area contributed by atoms with Crippen LogP contribution in [0.15, 0.2) is 34.6 Å². The maximum absolute atomic E-state index is 11.7. The van der Waals surface area contributed by atoms with Crippen LogP contribution in [-0.2, 0) is 14.6 Å². The lowest BCUT2D eigenvalue weighted by Gasteiger charge is -2.01. The highest BCUT2D eigenvalue weighted by Crippen LogP contribution is 2.35. The van der Waals surface area contributed by atoms with E-state index in [0.29, 0.717) is 11.1 Å². The zero-order valence-electron chi connectivity index (χ0n) is 8.38. The first-order valence-electron chi connectivity index (χ1n) is 4.77. The summed E-state index contributed by atoms with van der Waals surface area (Å²) in [7, 11) is -3.36. The highest BCUT2D eigenvalue weighted by Gasteiger charge is 2.26. The molecule has 1 N–H and O–H groups in total. The van der Waals surface area contributed by atoms with Gasteiger partial charge >= 0.3 is 5.97 Å². The second-order valence-electron chi connectivity index (χ2n) is 3.58. The summed E-state index contributed by atoms with van der Waals surface area (Å²) in [4.78, 5) is 10.7. The summed E-state index contributed by atoms with van der Waals surface area (Å²) in [5.74, 6) is -0.928. The van der Waals surface area contributed by atoms with Crippen molar-refractivity contribution in [3.05, 3.63) is 35.2 Å². The van der Waals surface area contributed by atoms with Crippen molar-refractivity contribution in [2.24, 2.45) is 0 Å². The minimum absolute atomic E-state index is 0.0598. The predicted octanol–water partition coefficient (Wildman–Crippen LogP) is 1.68. The van der Waals surface area contributed by atoms with Crippen molar-refractivity contribution >= 4 is 21.4 Å². The third-order valence-corrected chi connectivity index (χ3v) is 4.01. The fourth-order valence-electron chi connectivity index (χ4n) is 1.73. The first-order chi connectivity index (χ1) is 7.50. The van der Waals surface area contributed by atoms with Crippen molar-refractivity contribution in [3.63, 3.8) is 0 Å². The molecule has 16 heavy (non-hydrogen) atoms. The van der Waals surface area contributed by atoms with E-state index in [1.54, 1.807) is 18.2 Å².